The summed E-state index contributed by atoms with van der Waals surface area (Å²) in [6.07, 6.45) is 1.02. The monoisotopic (exact) mass is 241 g/mol. The minimum atomic E-state index is -1.15. The Bertz CT molecular complexity index is 410. The van der Waals surface area contributed by atoms with E-state index in [2.05, 4.69) is 0 Å². The van der Waals surface area contributed by atoms with Gasteiger partial charge in [-0.2, -0.15) is 0 Å². The van der Waals surface area contributed by atoms with Gasteiger partial charge in [0.25, 0.3) is 5.91 Å². The molecule has 0 saturated carbocycles. The number of aliphatic hydroxyl groups excluding tert-OH is 1. The summed E-state index contributed by atoms with van der Waals surface area (Å²) in [7, 11) is 0. The van der Waals surface area contributed by atoms with E-state index in [1.54, 1.807) is 13.8 Å². The van der Waals surface area contributed by atoms with E-state index in [0.717, 1.165) is 6.26 Å². The molecule has 0 aliphatic carbocycles. The van der Waals surface area contributed by atoms with E-state index in [9.17, 15) is 9.59 Å². The fourth-order valence-corrected chi connectivity index (χ4v) is 1.40. The fraction of sp³-hybridized carbons (Fsp3) is 0.455. The maximum absolute atomic E-state index is 11.9. The Morgan fingerprint density at radius 3 is 2.53 bits per heavy atom. The molecule has 1 amide bonds. The Hall–Kier alpha value is -1.82. The van der Waals surface area contributed by atoms with Gasteiger partial charge in [0.2, 0.25) is 0 Å². The zero-order valence-electron chi connectivity index (χ0n) is 9.71. The Balaban J connectivity index is 2.89. The van der Waals surface area contributed by atoms with Gasteiger partial charge in [-0.05, 0) is 13.8 Å². The molecule has 0 radical (unpaired) electrons. The maximum atomic E-state index is 11.9. The zero-order chi connectivity index (χ0) is 13.0. The number of hydrogen-bond donors (Lipinski definition) is 2. The van der Waals surface area contributed by atoms with E-state index >= 15 is 0 Å². The molecule has 0 fully saturated rings. The number of aliphatic hydroxyl groups is 1. The number of aromatic carboxylic acids is 1. The summed E-state index contributed by atoms with van der Waals surface area (Å²) in [6.45, 7) is 3.62. The molecule has 6 heteroatoms. The van der Waals surface area contributed by atoms with Crippen molar-refractivity contribution in [2.24, 2.45) is 0 Å². The van der Waals surface area contributed by atoms with Crippen LogP contribution in [0.2, 0.25) is 0 Å². The molecule has 6 nitrogen and oxygen atoms in total. The molecule has 1 heterocycles. The Labute approximate surface area is 98.5 Å². The number of nitrogens with zero attached hydrogens (tertiary/aromatic N) is 1. The van der Waals surface area contributed by atoms with E-state index in [1.807, 2.05) is 0 Å². The number of carbonyl (C=O) groups excluding carboxylic acids is 1. The Morgan fingerprint density at radius 1 is 1.47 bits per heavy atom. The van der Waals surface area contributed by atoms with Crippen molar-refractivity contribution < 1.29 is 24.2 Å². The third-order valence-corrected chi connectivity index (χ3v) is 2.28. The van der Waals surface area contributed by atoms with Gasteiger partial charge in [0, 0.05) is 18.7 Å². The molecular formula is C11H15NO5. The third kappa shape index (κ3) is 3.07. The Morgan fingerprint density at radius 2 is 2.12 bits per heavy atom. The molecule has 1 aromatic rings. The van der Waals surface area contributed by atoms with Gasteiger partial charge in [0.1, 0.15) is 6.26 Å². The molecule has 0 unspecified atom stereocenters. The summed E-state index contributed by atoms with van der Waals surface area (Å²) in [5, 5.41) is 17.6. The van der Waals surface area contributed by atoms with E-state index in [1.165, 1.54) is 11.0 Å². The molecule has 0 aromatic carbocycles. The highest BCUT2D eigenvalue weighted by Crippen LogP contribution is 2.12. The van der Waals surface area contributed by atoms with E-state index < -0.39 is 11.9 Å². The number of carbonyl (C=O) groups is 2. The lowest BCUT2D eigenvalue weighted by Gasteiger charge is -2.24. The average Bonchev–Trinajstić information content (AvgIpc) is 2.73. The van der Waals surface area contributed by atoms with Crippen LogP contribution in [0.3, 0.4) is 0 Å². The van der Waals surface area contributed by atoms with Crippen LogP contribution in [0.25, 0.3) is 0 Å². The van der Waals surface area contributed by atoms with Crippen molar-refractivity contribution in [3.05, 3.63) is 23.7 Å². The highest BCUT2D eigenvalue weighted by Gasteiger charge is 2.22. The molecule has 0 bridgehead atoms. The quantitative estimate of drug-likeness (QED) is 0.796. The van der Waals surface area contributed by atoms with Crippen LogP contribution in [0.4, 0.5) is 0 Å². The number of rotatable bonds is 5. The van der Waals surface area contributed by atoms with Crippen molar-refractivity contribution >= 4 is 11.9 Å². The first-order chi connectivity index (χ1) is 7.97. The summed E-state index contributed by atoms with van der Waals surface area (Å²) in [5.41, 5.74) is -0.0685. The molecule has 0 saturated heterocycles. The van der Waals surface area contributed by atoms with Crippen molar-refractivity contribution in [3.8, 4) is 0 Å². The van der Waals surface area contributed by atoms with Gasteiger partial charge in [0.05, 0.1) is 12.2 Å². The smallest absolute Gasteiger partial charge is 0.338 e. The molecule has 0 atom stereocenters. The van der Waals surface area contributed by atoms with Crippen LogP contribution in [0.5, 0.6) is 0 Å². The lowest BCUT2D eigenvalue weighted by Crippen LogP contribution is -2.38. The van der Waals surface area contributed by atoms with Gasteiger partial charge in [-0.1, -0.05) is 0 Å². The number of hydrogen-bond acceptors (Lipinski definition) is 4. The molecule has 0 aliphatic rings. The molecule has 1 rings (SSSR count). The summed E-state index contributed by atoms with van der Waals surface area (Å²) >= 11 is 0. The molecule has 0 spiro atoms. The van der Waals surface area contributed by atoms with Gasteiger partial charge in [-0.15, -0.1) is 0 Å². The molecule has 17 heavy (non-hydrogen) atoms. The molecule has 94 valence electrons. The highest BCUT2D eigenvalue weighted by atomic mass is 16.4. The van der Waals surface area contributed by atoms with Crippen LogP contribution in [-0.4, -0.2) is 46.2 Å². The first kappa shape index (κ1) is 13.2. The number of furan rings is 1. The highest BCUT2D eigenvalue weighted by molar-refractivity contribution is 5.95. The van der Waals surface area contributed by atoms with E-state index in [0.29, 0.717) is 0 Å². The maximum Gasteiger partial charge on any atom is 0.338 e. The van der Waals surface area contributed by atoms with Crippen molar-refractivity contribution in [1.82, 2.24) is 4.90 Å². The summed E-state index contributed by atoms with van der Waals surface area (Å²) in [5.74, 6) is -1.61. The minimum Gasteiger partial charge on any atom is -0.478 e. The van der Waals surface area contributed by atoms with E-state index in [4.69, 9.17) is 14.6 Å². The van der Waals surface area contributed by atoms with E-state index in [-0.39, 0.29) is 30.5 Å². The second kappa shape index (κ2) is 5.49. The van der Waals surface area contributed by atoms with Crippen LogP contribution >= 0.6 is 0 Å². The summed E-state index contributed by atoms with van der Waals surface area (Å²) in [6, 6.07) is 1.07. The third-order valence-electron chi connectivity index (χ3n) is 2.28. The molecule has 1 aromatic heterocycles. The van der Waals surface area contributed by atoms with Crippen LogP contribution in [0.1, 0.15) is 34.8 Å². The predicted octanol–water partition coefficient (Wildman–Crippen LogP) is 0.821. The van der Waals surface area contributed by atoms with Crippen molar-refractivity contribution in [3.63, 3.8) is 0 Å². The normalized spacial score (nSPS) is 10.6. The van der Waals surface area contributed by atoms with Crippen LogP contribution in [0.15, 0.2) is 16.7 Å². The fourth-order valence-electron chi connectivity index (χ4n) is 1.40. The van der Waals surface area contributed by atoms with Gasteiger partial charge >= 0.3 is 5.97 Å². The topological polar surface area (TPSA) is 91.0 Å². The van der Waals surface area contributed by atoms with Crippen molar-refractivity contribution in [2.45, 2.75) is 19.9 Å². The van der Waals surface area contributed by atoms with Crippen LogP contribution in [0, 0.1) is 0 Å². The molecule has 2 N–H and O–H groups in total. The summed E-state index contributed by atoms with van der Waals surface area (Å²) < 4.78 is 4.91. The predicted molar refractivity (Wildman–Crippen MR) is 58.9 cm³/mol. The first-order valence-corrected chi connectivity index (χ1v) is 5.21. The van der Waals surface area contributed by atoms with Gasteiger partial charge in [-0.3, -0.25) is 4.79 Å². The second-order valence-corrected chi connectivity index (χ2v) is 3.82. The van der Waals surface area contributed by atoms with Gasteiger partial charge in [0.15, 0.2) is 5.76 Å². The molecule has 0 aliphatic heterocycles. The standard InChI is InChI=1S/C11H15NO5/c1-7(2)12(3-4-13)10(14)9-5-8(6-17-9)11(15)16/h5-7,13H,3-4H2,1-2H3,(H,15,16). The number of amides is 1. The average molecular weight is 241 g/mol. The summed E-state index contributed by atoms with van der Waals surface area (Å²) in [4.78, 5) is 24.0. The van der Waals surface area contributed by atoms with Gasteiger partial charge < -0.3 is 19.5 Å². The number of carboxylic acids is 1. The van der Waals surface area contributed by atoms with Gasteiger partial charge in [-0.25, -0.2) is 4.79 Å². The van der Waals surface area contributed by atoms with Crippen LogP contribution in [-0.2, 0) is 0 Å². The molecular weight excluding hydrogens is 226 g/mol. The zero-order valence-corrected chi connectivity index (χ0v) is 9.71. The van der Waals surface area contributed by atoms with Crippen LogP contribution < -0.4 is 0 Å². The first-order valence-electron chi connectivity index (χ1n) is 5.21. The van der Waals surface area contributed by atoms with Crippen molar-refractivity contribution in [1.29, 1.82) is 0 Å². The Kier molecular flexibility index (Phi) is 4.28. The number of carboxylic acid groups (broad SMARTS) is 1. The minimum absolute atomic E-state index is 0.0375. The lowest BCUT2D eigenvalue weighted by molar-refractivity contribution is 0.0632. The lowest BCUT2D eigenvalue weighted by atomic mass is 10.2. The SMILES string of the molecule is CC(C)N(CCO)C(=O)c1cc(C(=O)O)co1. The van der Waals surface area contributed by atoms with Crippen molar-refractivity contribution in [2.75, 3.05) is 13.2 Å². The second-order valence-electron chi connectivity index (χ2n) is 3.82. The largest absolute Gasteiger partial charge is 0.478 e.